The zero-order valence-electron chi connectivity index (χ0n) is 11.9. The van der Waals surface area contributed by atoms with Gasteiger partial charge in [-0.15, -0.1) is 24.0 Å². The van der Waals surface area contributed by atoms with Crippen molar-refractivity contribution in [3.63, 3.8) is 0 Å². The van der Waals surface area contributed by atoms with E-state index in [-0.39, 0.29) is 24.0 Å². The Balaban J connectivity index is 0.00000324. The third kappa shape index (κ3) is 6.77. The second-order valence-corrected chi connectivity index (χ2v) is 4.00. The second-order valence-electron chi connectivity index (χ2n) is 4.00. The normalized spacial score (nSPS) is 10.8. The molecule has 0 atom stereocenters. The Morgan fingerprint density at radius 3 is 2.53 bits per heavy atom. The van der Waals surface area contributed by atoms with Crippen molar-refractivity contribution in [1.82, 2.24) is 10.6 Å². The van der Waals surface area contributed by atoms with E-state index in [0.717, 1.165) is 25.5 Å². The number of nitrogens with one attached hydrogen (secondary N) is 2. The van der Waals surface area contributed by atoms with Crippen LogP contribution in [0.25, 0.3) is 0 Å². The molecule has 1 aromatic rings. The first-order chi connectivity index (χ1) is 8.81. The lowest BCUT2D eigenvalue weighted by Gasteiger charge is -2.12. The fourth-order valence-electron chi connectivity index (χ4n) is 1.66. The quantitative estimate of drug-likeness (QED) is 0.347. The van der Waals surface area contributed by atoms with Crippen LogP contribution < -0.4 is 10.6 Å². The van der Waals surface area contributed by atoms with E-state index in [4.69, 9.17) is 4.74 Å². The van der Waals surface area contributed by atoms with E-state index in [1.165, 1.54) is 11.1 Å². The highest BCUT2D eigenvalue weighted by molar-refractivity contribution is 14.0. The molecular formula is C14H24IN3O. The predicted molar refractivity (Wildman–Crippen MR) is 91.1 cm³/mol. The summed E-state index contributed by atoms with van der Waals surface area (Å²) in [7, 11) is 3.61. The summed E-state index contributed by atoms with van der Waals surface area (Å²) in [5.41, 5.74) is 2.47. The first-order valence-electron chi connectivity index (χ1n) is 6.34. The van der Waals surface area contributed by atoms with Crippen LogP contribution in [0.2, 0.25) is 0 Å². The topological polar surface area (TPSA) is 45.6 Å². The van der Waals surface area contributed by atoms with Gasteiger partial charge in [-0.2, -0.15) is 0 Å². The molecule has 0 unspecified atom stereocenters. The van der Waals surface area contributed by atoms with Gasteiger partial charge in [0.05, 0.1) is 6.61 Å². The van der Waals surface area contributed by atoms with Crippen molar-refractivity contribution in [2.75, 3.05) is 20.7 Å². The highest BCUT2D eigenvalue weighted by Crippen LogP contribution is 2.10. The fraction of sp³-hybridized carbons (Fsp3) is 0.500. The van der Waals surface area contributed by atoms with Gasteiger partial charge < -0.3 is 15.4 Å². The summed E-state index contributed by atoms with van der Waals surface area (Å²) in [6, 6.07) is 8.30. The van der Waals surface area contributed by atoms with Gasteiger partial charge in [0, 0.05) is 27.2 Å². The molecule has 1 aromatic carbocycles. The SMILES string of the molecule is CCCOCc1ccccc1CNC(=NC)NC.I. The number of aliphatic imine (C=N–C) groups is 1. The number of halogens is 1. The molecule has 0 fully saturated rings. The van der Waals surface area contributed by atoms with Gasteiger partial charge in [0.15, 0.2) is 5.96 Å². The van der Waals surface area contributed by atoms with Crippen LogP contribution >= 0.6 is 24.0 Å². The Morgan fingerprint density at radius 2 is 1.95 bits per heavy atom. The van der Waals surface area contributed by atoms with E-state index in [9.17, 15) is 0 Å². The minimum Gasteiger partial charge on any atom is -0.377 e. The molecule has 0 saturated heterocycles. The minimum absolute atomic E-state index is 0. The zero-order chi connectivity index (χ0) is 13.2. The molecule has 0 aromatic heterocycles. The molecule has 0 heterocycles. The molecule has 0 spiro atoms. The number of hydrogen-bond acceptors (Lipinski definition) is 2. The van der Waals surface area contributed by atoms with Crippen molar-refractivity contribution in [3.8, 4) is 0 Å². The lowest BCUT2D eigenvalue weighted by molar-refractivity contribution is 0.121. The van der Waals surface area contributed by atoms with Crippen LogP contribution in [-0.2, 0) is 17.9 Å². The summed E-state index contributed by atoms with van der Waals surface area (Å²) in [4.78, 5) is 4.09. The van der Waals surface area contributed by atoms with Crippen molar-refractivity contribution >= 4 is 29.9 Å². The van der Waals surface area contributed by atoms with Crippen LogP contribution in [0, 0.1) is 0 Å². The number of hydrogen-bond donors (Lipinski definition) is 2. The van der Waals surface area contributed by atoms with Gasteiger partial charge in [0.1, 0.15) is 0 Å². The van der Waals surface area contributed by atoms with Crippen molar-refractivity contribution < 1.29 is 4.74 Å². The Labute approximate surface area is 133 Å². The highest BCUT2D eigenvalue weighted by Gasteiger charge is 2.02. The molecule has 0 aliphatic rings. The molecule has 1 rings (SSSR count). The monoisotopic (exact) mass is 377 g/mol. The Kier molecular flexibility index (Phi) is 10.6. The van der Waals surface area contributed by atoms with Crippen molar-refractivity contribution in [2.45, 2.75) is 26.5 Å². The molecule has 0 aliphatic heterocycles. The van der Waals surface area contributed by atoms with E-state index in [1.54, 1.807) is 7.05 Å². The Hall–Kier alpha value is -0.820. The molecule has 0 saturated carbocycles. The van der Waals surface area contributed by atoms with Crippen molar-refractivity contribution in [2.24, 2.45) is 4.99 Å². The van der Waals surface area contributed by atoms with Gasteiger partial charge >= 0.3 is 0 Å². The number of guanidine groups is 1. The molecule has 108 valence electrons. The molecule has 0 aliphatic carbocycles. The van der Waals surface area contributed by atoms with E-state index < -0.39 is 0 Å². The van der Waals surface area contributed by atoms with Gasteiger partial charge in [-0.3, -0.25) is 4.99 Å². The van der Waals surface area contributed by atoms with Crippen LogP contribution in [-0.4, -0.2) is 26.7 Å². The Morgan fingerprint density at radius 1 is 1.26 bits per heavy atom. The van der Waals surface area contributed by atoms with Gasteiger partial charge in [-0.05, 0) is 17.5 Å². The van der Waals surface area contributed by atoms with Crippen LogP contribution in [0.15, 0.2) is 29.3 Å². The van der Waals surface area contributed by atoms with E-state index >= 15 is 0 Å². The summed E-state index contributed by atoms with van der Waals surface area (Å²) >= 11 is 0. The largest absolute Gasteiger partial charge is 0.377 e. The van der Waals surface area contributed by atoms with Crippen molar-refractivity contribution in [3.05, 3.63) is 35.4 Å². The van der Waals surface area contributed by atoms with Crippen LogP contribution in [0.3, 0.4) is 0 Å². The number of nitrogens with zero attached hydrogens (tertiary/aromatic N) is 1. The van der Waals surface area contributed by atoms with Gasteiger partial charge in [0.25, 0.3) is 0 Å². The van der Waals surface area contributed by atoms with Crippen LogP contribution in [0.5, 0.6) is 0 Å². The van der Waals surface area contributed by atoms with Crippen molar-refractivity contribution in [1.29, 1.82) is 0 Å². The lowest BCUT2D eigenvalue weighted by atomic mass is 10.1. The highest BCUT2D eigenvalue weighted by atomic mass is 127. The van der Waals surface area contributed by atoms with Crippen LogP contribution in [0.1, 0.15) is 24.5 Å². The van der Waals surface area contributed by atoms with E-state index in [1.807, 2.05) is 19.2 Å². The molecule has 0 bridgehead atoms. The predicted octanol–water partition coefficient (Wildman–Crippen LogP) is 2.53. The smallest absolute Gasteiger partial charge is 0.190 e. The van der Waals surface area contributed by atoms with Gasteiger partial charge in [-0.25, -0.2) is 0 Å². The van der Waals surface area contributed by atoms with Gasteiger partial charge in [-0.1, -0.05) is 31.2 Å². The fourth-order valence-corrected chi connectivity index (χ4v) is 1.66. The molecule has 19 heavy (non-hydrogen) atoms. The average Bonchev–Trinajstić information content (AvgIpc) is 2.41. The maximum absolute atomic E-state index is 5.60. The molecule has 2 N–H and O–H groups in total. The summed E-state index contributed by atoms with van der Waals surface area (Å²) in [5, 5.41) is 6.25. The zero-order valence-corrected chi connectivity index (χ0v) is 14.2. The lowest BCUT2D eigenvalue weighted by Crippen LogP contribution is -2.34. The standard InChI is InChI=1S/C14H23N3O.HI/c1-4-9-18-11-13-8-6-5-7-12(13)10-17-14(15-2)16-3;/h5-8H,4,9-11H2,1-3H3,(H2,15,16,17);1H. The summed E-state index contributed by atoms with van der Waals surface area (Å²) in [5.74, 6) is 0.791. The summed E-state index contributed by atoms with van der Waals surface area (Å²) < 4.78 is 5.60. The maximum Gasteiger partial charge on any atom is 0.190 e. The van der Waals surface area contributed by atoms with Gasteiger partial charge in [0.2, 0.25) is 0 Å². The summed E-state index contributed by atoms with van der Waals surface area (Å²) in [6.45, 7) is 4.34. The van der Waals surface area contributed by atoms with E-state index in [0.29, 0.717) is 6.61 Å². The maximum atomic E-state index is 5.60. The summed E-state index contributed by atoms with van der Waals surface area (Å²) in [6.07, 6.45) is 1.05. The molecule has 0 radical (unpaired) electrons. The third-order valence-electron chi connectivity index (χ3n) is 2.63. The second kappa shape index (κ2) is 11.0. The molecule has 4 nitrogen and oxygen atoms in total. The third-order valence-corrected chi connectivity index (χ3v) is 2.63. The number of rotatable bonds is 6. The number of benzene rings is 1. The first-order valence-corrected chi connectivity index (χ1v) is 6.34. The van der Waals surface area contributed by atoms with Crippen LogP contribution in [0.4, 0.5) is 0 Å². The molecule has 5 heteroatoms. The molecule has 0 amide bonds. The first kappa shape index (κ1) is 18.2. The van der Waals surface area contributed by atoms with E-state index in [2.05, 4.69) is 34.7 Å². The Bertz CT molecular complexity index is 383. The average molecular weight is 377 g/mol. The minimum atomic E-state index is 0. The number of ether oxygens (including phenoxy) is 1. The molecular weight excluding hydrogens is 353 g/mol.